The van der Waals surface area contributed by atoms with E-state index in [0.29, 0.717) is 13.2 Å². The van der Waals surface area contributed by atoms with Crippen LogP contribution in [0.5, 0.6) is 5.75 Å². The van der Waals surface area contributed by atoms with E-state index < -0.39 is 0 Å². The van der Waals surface area contributed by atoms with Crippen LogP contribution in [0.4, 0.5) is 0 Å². The van der Waals surface area contributed by atoms with Crippen molar-refractivity contribution in [2.75, 3.05) is 20.2 Å². The van der Waals surface area contributed by atoms with E-state index in [0.717, 1.165) is 23.6 Å². The van der Waals surface area contributed by atoms with Crippen molar-refractivity contribution in [3.63, 3.8) is 0 Å². The fourth-order valence-corrected chi connectivity index (χ4v) is 2.31. The predicted molar refractivity (Wildman–Crippen MR) is 79.6 cm³/mol. The molecule has 0 fully saturated rings. The van der Waals surface area contributed by atoms with Crippen LogP contribution >= 0.6 is 0 Å². The monoisotopic (exact) mass is 274 g/mol. The van der Waals surface area contributed by atoms with Crippen LogP contribution in [-0.2, 0) is 6.54 Å². The summed E-state index contributed by atoms with van der Waals surface area (Å²) in [6, 6.07) is 12.1. The quantitative estimate of drug-likeness (QED) is 0.843. The molecule has 0 aliphatic rings. The summed E-state index contributed by atoms with van der Waals surface area (Å²) in [6.45, 7) is 3.93. The summed E-state index contributed by atoms with van der Waals surface area (Å²) in [6.07, 6.45) is 1.69. The lowest BCUT2D eigenvalue weighted by Gasteiger charge is -2.26. The van der Waals surface area contributed by atoms with E-state index >= 15 is 0 Å². The van der Waals surface area contributed by atoms with Crippen molar-refractivity contribution in [3.05, 3.63) is 54.0 Å². The minimum Gasteiger partial charge on any atom is -0.494 e. The lowest BCUT2D eigenvalue weighted by Crippen LogP contribution is -2.30. The average Bonchev–Trinajstić information content (AvgIpc) is 2.93. The first-order valence-electron chi connectivity index (χ1n) is 6.90. The highest BCUT2D eigenvalue weighted by Gasteiger charge is 2.17. The number of likely N-dealkylation sites (N-methyl/N-ethyl adjacent to an activating group) is 1. The number of ether oxygens (including phenoxy) is 1. The molecule has 0 saturated carbocycles. The number of furan rings is 1. The largest absolute Gasteiger partial charge is 0.494 e. The van der Waals surface area contributed by atoms with Gasteiger partial charge in [0.25, 0.3) is 0 Å². The van der Waals surface area contributed by atoms with Crippen LogP contribution < -0.4 is 10.5 Å². The summed E-state index contributed by atoms with van der Waals surface area (Å²) >= 11 is 0. The normalized spacial score (nSPS) is 12.6. The van der Waals surface area contributed by atoms with E-state index in [1.54, 1.807) is 6.26 Å². The highest BCUT2D eigenvalue weighted by molar-refractivity contribution is 5.31. The van der Waals surface area contributed by atoms with E-state index in [1.807, 2.05) is 38.2 Å². The fraction of sp³-hybridized carbons (Fsp3) is 0.375. The average molecular weight is 274 g/mol. The van der Waals surface area contributed by atoms with Gasteiger partial charge in [0, 0.05) is 12.6 Å². The lowest BCUT2D eigenvalue weighted by molar-refractivity contribution is 0.222. The van der Waals surface area contributed by atoms with Crippen LogP contribution in [0.1, 0.15) is 24.3 Å². The van der Waals surface area contributed by atoms with Crippen LogP contribution in [0.15, 0.2) is 47.1 Å². The number of hydrogen-bond acceptors (Lipinski definition) is 4. The van der Waals surface area contributed by atoms with Crippen molar-refractivity contribution in [2.24, 2.45) is 5.73 Å². The summed E-state index contributed by atoms with van der Waals surface area (Å²) < 4.78 is 10.9. The Balaban J connectivity index is 2.12. The SMILES string of the molecule is CCOc1cccc(C(CN)N(C)Cc2ccco2)c1. The van der Waals surface area contributed by atoms with E-state index in [4.69, 9.17) is 14.9 Å². The Hall–Kier alpha value is -1.78. The zero-order chi connectivity index (χ0) is 14.4. The zero-order valence-electron chi connectivity index (χ0n) is 12.1. The van der Waals surface area contributed by atoms with Crippen molar-refractivity contribution in [3.8, 4) is 5.75 Å². The number of benzene rings is 1. The van der Waals surface area contributed by atoms with Gasteiger partial charge in [0.1, 0.15) is 11.5 Å². The zero-order valence-corrected chi connectivity index (χ0v) is 12.1. The standard InChI is InChI=1S/C16H22N2O2/c1-3-19-14-7-4-6-13(10-14)16(11-17)18(2)12-15-8-5-9-20-15/h4-10,16H,3,11-12,17H2,1-2H3. The van der Waals surface area contributed by atoms with E-state index in [1.165, 1.54) is 0 Å². The molecule has 2 aromatic rings. The second-order valence-corrected chi connectivity index (χ2v) is 4.75. The molecule has 0 amide bonds. The van der Waals surface area contributed by atoms with Crippen LogP contribution in [0, 0.1) is 0 Å². The van der Waals surface area contributed by atoms with Gasteiger partial charge in [-0.1, -0.05) is 12.1 Å². The van der Waals surface area contributed by atoms with Crippen LogP contribution in [0.2, 0.25) is 0 Å². The van der Waals surface area contributed by atoms with Crippen molar-refractivity contribution < 1.29 is 9.15 Å². The molecule has 2 rings (SSSR count). The second-order valence-electron chi connectivity index (χ2n) is 4.75. The van der Waals surface area contributed by atoms with E-state index in [9.17, 15) is 0 Å². The summed E-state index contributed by atoms with van der Waals surface area (Å²) in [5, 5.41) is 0. The molecular weight excluding hydrogens is 252 g/mol. The fourth-order valence-electron chi connectivity index (χ4n) is 2.31. The van der Waals surface area contributed by atoms with Gasteiger partial charge in [-0.05, 0) is 43.8 Å². The molecule has 4 nitrogen and oxygen atoms in total. The maximum atomic E-state index is 5.95. The van der Waals surface area contributed by atoms with Gasteiger partial charge in [-0.2, -0.15) is 0 Å². The minimum absolute atomic E-state index is 0.139. The molecule has 1 unspecified atom stereocenters. The highest BCUT2D eigenvalue weighted by Crippen LogP contribution is 2.24. The second kappa shape index (κ2) is 7.12. The first-order valence-corrected chi connectivity index (χ1v) is 6.90. The molecule has 0 aliphatic heterocycles. The molecule has 0 radical (unpaired) electrons. The Morgan fingerprint density at radius 3 is 2.80 bits per heavy atom. The van der Waals surface area contributed by atoms with Crippen LogP contribution in [0.3, 0.4) is 0 Å². The third kappa shape index (κ3) is 3.62. The Morgan fingerprint density at radius 1 is 1.30 bits per heavy atom. The minimum atomic E-state index is 0.139. The van der Waals surface area contributed by atoms with E-state index in [-0.39, 0.29) is 6.04 Å². The Bertz CT molecular complexity index is 511. The summed E-state index contributed by atoms with van der Waals surface area (Å²) in [4.78, 5) is 2.18. The van der Waals surface area contributed by atoms with Crippen molar-refractivity contribution >= 4 is 0 Å². The molecule has 20 heavy (non-hydrogen) atoms. The van der Waals surface area contributed by atoms with Crippen molar-refractivity contribution in [2.45, 2.75) is 19.5 Å². The Kier molecular flexibility index (Phi) is 5.21. The molecule has 0 bridgehead atoms. The van der Waals surface area contributed by atoms with Crippen LogP contribution in [0.25, 0.3) is 0 Å². The highest BCUT2D eigenvalue weighted by atomic mass is 16.5. The molecule has 0 spiro atoms. The molecule has 4 heteroatoms. The third-order valence-electron chi connectivity index (χ3n) is 3.29. The predicted octanol–water partition coefficient (Wildman–Crippen LogP) is 2.81. The van der Waals surface area contributed by atoms with Gasteiger partial charge in [-0.3, -0.25) is 4.90 Å². The maximum absolute atomic E-state index is 5.95. The molecule has 2 N–H and O–H groups in total. The van der Waals surface area contributed by atoms with Gasteiger partial charge in [-0.15, -0.1) is 0 Å². The third-order valence-corrected chi connectivity index (χ3v) is 3.29. The molecule has 1 aromatic heterocycles. The van der Waals surface area contributed by atoms with Gasteiger partial charge in [-0.25, -0.2) is 0 Å². The van der Waals surface area contributed by atoms with Gasteiger partial charge in [0.15, 0.2) is 0 Å². The summed E-state index contributed by atoms with van der Waals surface area (Å²) in [5.41, 5.74) is 7.11. The van der Waals surface area contributed by atoms with Gasteiger partial charge in [0.05, 0.1) is 19.4 Å². The number of hydrogen-bond donors (Lipinski definition) is 1. The van der Waals surface area contributed by atoms with Crippen LogP contribution in [-0.4, -0.2) is 25.1 Å². The first kappa shape index (κ1) is 14.6. The molecule has 0 aliphatic carbocycles. The lowest BCUT2D eigenvalue weighted by atomic mass is 10.1. The van der Waals surface area contributed by atoms with Gasteiger partial charge >= 0.3 is 0 Å². The maximum Gasteiger partial charge on any atom is 0.119 e. The Labute approximate surface area is 120 Å². The molecule has 1 atom stereocenters. The topological polar surface area (TPSA) is 51.6 Å². The van der Waals surface area contributed by atoms with Crippen molar-refractivity contribution in [1.82, 2.24) is 4.90 Å². The van der Waals surface area contributed by atoms with Gasteiger partial charge < -0.3 is 14.9 Å². The summed E-state index contributed by atoms with van der Waals surface area (Å²) in [7, 11) is 2.05. The van der Waals surface area contributed by atoms with E-state index in [2.05, 4.69) is 17.0 Å². The molecule has 0 saturated heterocycles. The Morgan fingerprint density at radius 2 is 2.15 bits per heavy atom. The molecule has 1 aromatic carbocycles. The first-order chi connectivity index (χ1) is 9.74. The number of nitrogens with two attached hydrogens (primary N) is 1. The summed E-state index contributed by atoms with van der Waals surface area (Å²) in [5.74, 6) is 1.82. The van der Waals surface area contributed by atoms with Gasteiger partial charge in [0.2, 0.25) is 0 Å². The molecular formula is C16H22N2O2. The van der Waals surface area contributed by atoms with Crippen molar-refractivity contribution in [1.29, 1.82) is 0 Å². The molecule has 1 heterocycles. The number of rotatable bonds is 7. The molecule has 108 valence electrons. The smallest absolute Gasteiger partial charge is 0.119 e. The number of nitrogens with zero attached hydrogens (tertiary/aromatic N) is 1.